The molecule has 0 aliphatic heterocycles. The normalized spacial score (nSPS) is 12.8. The Hall–Kier alpha value is -1.81. The number of fused-ring (bicyclic) bond motifs is 1. The van der Waals surface area contributed by atoms with Crippen LogP contribution in [0.25, 0.3) is 10.9 Å². The van der Waals surface area contributed by atoms with E-state index in [-0.39, 0.29) is 18.4 Å². The third kappa shape index (κ3) is 2.23. The monoisotopic (exact) mass is 217 g/mol. The largest absolute Gasteiger partial charge is 0.370 e. The Morgan fingerprint density at radius 3 is 2.88 bits per heavy atom. The van der Waals surface area contributed by atoms with Gasteiger partial charge in [0.25, 0.3) is 0 Å². The highest BCUT2D eigenvalue weighted by atomic mass is 16.1. The van der Waals surface area contributed by atoms with Gasteiger partial charge in [-0.05, 0) is 18.1 Å². The molecule has 1 aromatic carbocycles. The number of amides is 1. The summed E-state index contributed by atoms with van der Waals surface area (Å²) in [7, 11) is 0. The number of hydrogen-bond acceptors (Lipinski definition) is 2. The molecule has 5 N–H and O–H groups in total. The van der Waals surface area contributed by atoms with Crippen LogP contribution in [0.3, 0.4) is 0 Å². The minimum absolute atomic E-state index is 0.211. The fourth-order valence-electron chi connectivity index (χ4n) is 1.91. The predicted octanol–water partition coefficient (Wildman–Crippen LogP) is 0.913. The Morgan fingerprint density at radius 1 is 1.38 bits per heavy atom. The van der Waals surface area contributed by atoms with Crippen LogP contribution in [-0.4, -0.2) is 16.9 Å². The first kappa shape index (κ1) is 10.7. The highest BCUT2D eigenvalue weighted by Crippen LogP contribution is 2.19. The van der Waals surface area contributed by atoms with E-state index < -0.39 is 0 Å². The fourth-order valence-corrected chi connectivity index (χ4v) is 1.91. The molecule has 0 aliphatic carbocycles. The van der Waals surface area contributed by atoms with Crippen LogP contribution in [0, 0.1) is 0 Å². The van der Waals surface area contributed by atoms with Crippen molar-refractivity contribution in [2.24, 2.45) is 11.5 Å². The molecule has 84 valence electrons. The van der Waals surface area contributed by atoms with Crippen molar-refractivity contribution in [3.63, 3.8) is 0 Å². The number of primary amides is 1. The Balaban J connectivity index is 2.18. The lowest BCUT2D eigenvalue weighted by molar-refractivity contribution is -0.118. The Labute approximate surface area is 93.6 Å². The van der Waals surface area contributed by atoms with Gasteiger partial charge in [-0.3, -0.25) is 4.79 Å². The number of nitrogens with two attached hydrogens (primary N) is 2. The van der Waals surface area contributed by atoms with E-state index in [0.29, 0.717) is 6.42 Å². The van der Waals surface area contributed by atoms with Gasteiger partial charge in [0.1, 0.15) is 0 Å². The molecule has 2 aromatic rings. The first-order valence-electron chi connectivity index (χ1n) is 5.25. The number of aromatic amines is 1. The second kappa shape index (κ2) is 4.37. The minimum Gasteiger partial charge on any atom is -0.370 e. The zero-order valence-corrected chi connectivity index (χ0v) is 8.94. The molecule has 16 heavy (non-hydrogen) atoms. The number of H-pyrrole nitrogens is 1. The van der Waals surface area contributed by atoms with Crippen LogP contribution in [0.15, 0.2) is 30.5 Å². The van der Waals surface area contributed by atoms with Gasteiger partial charge in [-0.15, -0.1) is 0 Å². The quantitative estimate of drug-likeness (QED) is 0.711. The number of carbonyl (C=O) groups is 1. The molecule has 1 amide bonds. The van der Waals surface area contributed by atoms with Gasteiger partial charge >= 0.3 is 0 Å². The molecule has 1 heterocycles. The summed E-state index contributed by atoms with van der Waals surface area (Å²) in [6, 6.07) is 7.80. The van der Waals surface area contributed by atoms with Crippen LogP contribution >= 0.6 is 0 Å². The van der Waals surface area contributed by atoms with Crippen molar-refractivity contribution in [3.8, 4) is 0 Å². The molecular weight excluding hydrogens is 202 g/mol. The number of carbonyl (C=O) groups excluding carboxylic acids is 1. The third-order valence-corrected chi connectivity index (χ3v) is 2.62. The van der Waals surface area contributed by atoms with Crippen molar-refractivity contribution in [2.45, 2.75) is 18.9 Å². The van der Waals surface area contributed by atoms with Gasteiger partial charge in [-0.1, -0.05) is 18.2 Å². The van der Waals surface area contributed by atoms with Gasteiger partial charge in [-0.2, -0.15) is 0 Å². The first-order chi connectivity index (χ1) is 7.66. The average molecular weight is 217 g/mol. The maximum Gasteiger partial charge on any atom is 0.218 e. The highest BCUT2D eigenvalue weighted by Gasteiger charge is 2.10. The molecular formula is C12H15N3O. The van der Waals surface area contributed by atoms with Crippen LogP contribution in [0.1, 0.15) is 12.0 Å². The number of hydrogen-bond donors (Lipinski definition) is 3. The van der Waals surface area contributed by atoms with E-state index in [0.717, 1.165) is 16.5 Å². The van der Waals surface area contributed by atoms with E-state index in [2.05, 4.69) is 4.98 Å². The lowest BCUT2D eigenvalue weighted by atomic mass is 10.0. The zero-order chi connectivity index (χ0) is 11.5. The molecule has 0 fully saturated rings. The maximum absolute atomic E-state index is 10.7. The van der Waals surface area contributed by atoms with Gasteiger partial charge in [0, 0.05) is 29.6 Å². The summed E-state index contributed by atoms with van der Waals surface area (Å²) in [5.74, 6) is -0.354. The number of nitrogens with one attached hydrogen (secondary N) is 1. The molecule has 2 rings (SSSR count). The summed E-state index contributed by atoms with van der Waals surface area (Å²) in [4.78, 5) is 13.9. The number of para-hydroxylation sites is 1. The van der Waals surface area contributed by atoms with Crippen LogP contribution < -0.4 is 11.5 Å². The van der Waals surface area contributed by atoms with E-state index in [9.17, 15) is 4.79 Å². The molecule has 0 saturated carbocycles. The van der Waals surface area contributed by atoms with Crippen molar-refractivity contribution in [1.82, 2.24) is 4.98 Å². The number of benzene rings is 1. The zero-order valence-electron chi connectivity index (χ0n) is 8.94. The lowest BCUT2D eigenvalue weighted by Crippen LogP contribution is -2.29. The first-order valence-corrected chi connectivity index (χ1v) is 5.25. The second-order valence-corrected chi connectivity index (χ2v) is 3.99. The summed E-state index contributed by atoms with van der Waals surface area (Å²) in [6.45, 7) is 0. The predicted molar refractivity (Wildman–Crippen MR) is 63.8 cm³/mol. The van der Waals surface area contributed by atoms with E-state index in [1.54, 1.807) is 0 Å². The summed E-state index contributed by atoms with van der Waals surface area (Å²) >= 11 is 0. The maximum atomic E-state index is 10.7. The van der Waals surface area contributed by atoms with Gasteiger partial charge < -0.3 is 16.5 Å². The van der Waals surface area contributed by atoms with Crippen LogP contribution in [0.4, 0.5) is 0 Å². The molecule has 4 nitrogen and oxygen atoms in total. The van der Waals surface area contributed by atoms with Crippen molar-refractivity contribution in [1.29, 1.82) is 0 Å². The number of rotatable bonds is 4. The smallest absolute Gasteiger partial charge is 0.218 e. The molecule has 1 atom stereocenters. The van der Waals surface area contributed by atoms with Crippen LogP contribution in [0.2, 0.25) is 0 Å². The van der Waals surface area contributed by atoms with E-state index in [4.69, 9.17) is 11.5 Å². The second-order valence-electron chi connectivity index (χ2n) is 3.99. The molecule has 0 radical (unpaired) electrons. The Bertz CT molecular complexity index is 504. The highest BCUT2D eigenvalue weighted by molar-refractivity contribution is 5.83. The van der Waals surface area contributed by atoms with Crippen molar-refractivity contribution < 1.29 is 4.79 Å². The van der Waals surface area contributed by atoms with Crippen molar-refractivity contribution >= 4 is 16.8 Å². The van der Waals surface area contributed by atoms with E-state index in [1.165, 1.54) is 0 Å². The fraction of sp³-hybridized carbons (Fsp3) is 0.250. The van der Waals surface area contributed by atoms with Gasteiger partial charge in [0.05, 0.1) is 0 Å². The average Bonchev–Trinajstić information content (AvgIpc) is 2.61. The van der Waals surface area contributed by atoms with E-state index in [1.807, 2.05) is 30.5 Å². The van der Waals surface area contributed by atoms with Crippen LogP contribution in [-0.2, 0) is 11.2 Å². The van der Waals surface area contributed by atoms with Gasteiger partial charge in [0.2, 0.25) is 5.91 Å². The molecule has 1 aromatic heterocycles. The van der Waals surface area contributed by atoms with Gasteiger partial charge in [-0.25, -0.2) is 0 Å². The number of aromatic nitrogens is 1. The third-order valence-electron chi connectivity index (χ3n) is 2.62. The Kier molecular flexibility index (Phi) is 2.92. The molecule has 0 aliphatic rings. The molecule has 0 saturated heterocycles. The summed E-state index contributed by atoms with van der Waals surface area (Å²) in [5.41, 5.74) is 13.2. The summed E-state index contributed by atoms with van der Waals surface area (Å²) < 4.78 is 0. The standard InChI is InChI=1S/C12H15N3O/c13-9(6-12(14)16)5-8-7-15-11-4-2-1-3-10(8)11/h1-4,7,9,15H,5-6,13H2,(H2,14,16)/t9-/m0/s1. The minimum atomic E-state index is -0.354. The lowest BCUT2D eigenvalue weighted by Gasteiger charge is -2.07. The van der Waals surface area contributed by atoms with Crippen molar-refractivity contribution in [2.75, 3.05) is 0 Å². The van der Waals surface area contributed by atoms with Gasteiger partial charge in [0.15, 0.2) is 0 Å². The summed E-state index contributed by atoms with van der Waals surface area (Å²) in [5, 5.41) is 1.16. The Morgan fingerprint density at radius 2 is 2.12 bits per heavy atom. The topological polar surface area (TPSA) is 84.9 Å². The molecule has 0 spiro atoms. The van der Waals surface area contributed by atoms with Crippen LogP contribution in [0.5, 0.6) is 0 Å². The molecule has 0 unspecified atom stereocenters. The summed E-state index contributed by atoms with van der Waals surface area (Å²) in [6.07, 6.45) is 2.82. The molecule has 4 heteroatoms. The SMILES string of the molecule is NC(=O)C[C@@H](N)Cc1c[nH]c2ccccc12. The van der Waals surface area contributed by atoms with E-state index >= 15 is 0 Å². The van der Waals surface area contributed by atoms with Crippen molar-refractivity contribution in [3.05, 3.63) is 36.0 Å². The molecule has 0 bridgehead atoms.